The lowest BCUT2D eigenvalue weighted by atomic mass is 10.2. The first-order chi connectivity index (χ1) is 6.29. The van der Waals surface area contributed by atoms with Crippen molar-refractivity contribution in [2.75, 3.05) is 0 Å². The van der Waals surface area contributed by atoms with Gasteiger partial charge in [-0.2, -0.15) is 4.39 Å². The lowest BCUT2D eigenvalue weighted by molar-refractivity contribution is 0.322. The van der Waals surface area contributed by atoms with Crippen LogP contribution in [-0.4, -0.2) is 11.4 Å². The van der Waals surface area contributed by atoms with Crippen molar-refractivity contribution in [1.82, 2.24) is 0 Å². The minimum Gasteiger partial charge on any atom is -0.411 e. The molecule has 1 heterocycles. The van der Waals surface area contributed by atoms with Crippen LogP contribution in [0, 0.1) is 5.13 Å². The van der Waals surface area contributed by atoms with Gasteiger partial charge in [-0.3, -0.25) is 0 Å². The van der Waals surface area contributed by atoms with Crippen molar-refractivity contribution in [1.29, 1.82) is 0 Å². The summed E-state index contributed by atoms with van der Waals surface area (Å²) in [6, 6.07) is 6.84. The van der Waals surface area contributed by atoms with Crippen molar-refractivity contribution in [3.05, 3.63) is 35.0 Å². The Kier molecular flexibility index (Phi) is 1.98. The SMILES string of the molecule is O/N=C/c1ccc2cc(F)sc2c1. The Morgan fingerprint density at radius 1 is 1.38 bits per heavy atom. The summed E-state index contributed by atoms with van der Waals surface area (Å²) in [6.07, 6.45) is 1.32. The zero-order valence-corrected chi connectivity index (χ0v) is 7.38. The second-order valence-electron chi connectivity index (χ2n) is 2.59. The highest BCUT2D eigenvalue weighted by atomic mass is 32.1. The molecule has 2 aromatic rings. The molecule has 2 nitrogen and oxygen atoms in total. The lowest BCUT2D eigenvalue weighted by Gasteiger charge is -1.90. The second kappa shape index (κ2) is 3.14. The van der Waals surface area contributed by atoms with E-state index in [0.717, 1.165) is 27.0 Å². The highest BCUT2D eigenvalue weighted by Crippen LogP contribution is 2.24. The van der Waals surface area contributed by atoms with Crippen molar-refractivity contribution in [3.8, 4) is 0 Å². The predicted octanol–water partition coefficient (Wildman–Crippen LogP) is 2.85. The second-order valence-corrected chi connectivity index (χ2v) is 3.63. The number of hydrogen-bond acceptors (Lipinski definition) is 3. The van der Waals surface area contributed by atoms with Crippen LogP contribution in [0.1, 0.15) is 5.56 Å². The fourth-order valence-electron chi connectivity index (χ4n) is 1.16. The zero-order chi connectivity index (χ0) is 9.26. The summed E-state index contributed by atoms with van der Waals surface area (Å²) in [5.74, 6) is 0. The molecule has 1 N–H and O–H groups in total. The number of benzene rings is 1. The molecular formula is C9H6FNOS. The number of nitrogens with zero attached hydrogens (tertiary/aromatic N) is 1. The van der Waals surface area contributed by atoms with E-state index < -0.39 is 0 Å². The Morgan fingerprint density at radius 3 is 3.00 bits per heavy atom. The first-order valence-electron chi connectivity index (χ1n) is 3.66. The van der Waals surface area contributed by atoms with Gasteiger partial charge in [-0.15, -0.1) is 11.3 Å². The molecule has 0 aliphatic rings. The van der Waals surface area contributed by atoms with E-state index in [2.05, 4.69) is 5.16 Å². The van der Waals surface area contributed by atoms with Crippen LogP contribution in [0.25, 0.3) is 10.1 Å². The number of rotatable bonds is 1. The number of hydrogen-bond donors (Lipinski definition) is 1. The van der Waals surface area contributed by atoms with Gasteiger partial charge in [0.15, 0.2) is 5.13 Å². The van der Waals surface area contributed by atoms with Crippen LogP contribution in [0.3, 0.4) is 0 Å². The van der Waals surface area contributed by atoms with Gasteiger partial charge in [0, 0.05) is 4.70 Å². The lowest BCUT2D eigenvalue weighted by Crippen LogP contribution is -1.77. The van der Waals surface area contributed by atoms with Crippen molar-refractivity contribution >= 4 is 27.6 Å². The van der Waals surface area contributed by atoms with E-state index >= 15 is 0 Å². The monoisotopic (exact) mass is 195 g/mol. The van der Waals surface area contributed by atoms with Crippen LogP contribution >= 0.6 is 11.3 Å². The molecule has 0 bridgehead atoms. The van der Waals surface area contributed by atoms with Gasteiger partial charge in [0.1, 0.15) is 0 Å². The van der Waals surface area contributed by atoms with Gasteiger partial charge >= 0.3 is 0 Å². The largest absolute Gasteiger partial charge is 0.411 e. The highest BCUT2D eigenvalue weighted by Gasteiger charge is 2.00. The predicted molar refractivity (Wildman–Crippen MR) is 51.2 cm³/mol. The molecule has 0 radical (unpaired) electrons. The number of halogens is 1. The van der Waals surface area contributed by atoms with E-state index in [0.29, 0.717) is 0 Å². The standard InChI is InChI=1S/C9H6FNOS/c10-9-4-7-2-1-6(5-11-12)3-8(7)13-9/h1-5,12H/b11-5+. The molecule has 0 fully saturated rings. The minimum atomic E-state index is -0.201. The Labute approximate surface area is 77.9 Å². The first kappa shape index (κ1) is 8.19. The topological polar surface area (TPSA) is 32.6 Å². The van der Waals surface area contributed by atoms with Crippen LogP contribution < -0.4 is 0 Å². The molecular weight excluding hydrogens is 189 g/mol. The van der Waals surface area contributed by atoms with E-state index in [-0.39, 0.29) is 5.13 Å². The van der Waals surface area contributed by atoms with Crippen molar-refractivity contribution in [3.63, 3.8) is 0 Å². The maximum atomic E-state index is 12.8. The third-order valence-electron chi connectivity index (χ3n) is 1.72. The summed E-state index contributed by atoms with van der Waals surface area (Å²) >= 11 is 1.08. The van der Waals surface area contributed by atoms with Gasteiger partial charge in [-0.1, -0.05) is 17.3 Å². The van der Waals surface area contributed by atoms with Gasteiger partial charge in [-0.05, 0) is 23.1 Å². The molecule has 0 saturated heterocycles. The first-order valence-corrected chi connectivity index (χ1v) is 4.48. The van der Waals surface area contributed by atoms with Crippen LogP contribution in [0.2, 0.25) is 0 Å². The maximum Gasteiger partial charge on any atom is 0.177 e. The van der Waals surface area contributed by atoms with Gasteiger partial charge in [-0.25, -0.2) is 0 Å². The molecule has 1 aromatic carbocycles. The summed E-state index contributed by atoms with van der Waals surface area (Å²) in [7, 11) is 0. The average Bonchev–Trinajstić information content (AvgIpc) is 2.44. The Hall–Kier alpha value is -1.42. The van der Waals surface area contributed by atoms with Crippen LogP contribution in [-0.2, 0) is 0 Å². The minimum absolute atomic E-state index is 0.201. The summed E-state index contributed by atoms with van der Waals surface area (Å²) in [5, 5.41) is 11.9. The van der Waals surface area contributed by atoms with Crippen LogP contribution in [0.4, 0.5) is 4.39 Å². The number of fused-ring (bicyclic) bond motifs is 1. The van der Waals surface area contributed by atoms with Crippen molar-refractivity contribution in [2.24, 2.45) is 5.16 Å². The zero-order valence-electron chi connectivity index (χ0n) is 6.57. The molecule has 2 rings (SSSR count). The van der Waals surface area contributed by atoms with Gasteiger partial charge in [0.25, 0.3) is 0 Å². The van der Waals surface area contributed by atoms with Gasteiger partial charge in [0.05, 0.1) is 6.21 Å². The quantitative estimate of drug-likeness (QED) is 0.423. The molecule has 66 valence electrons. The third kappa shape index (κ3) is 1.53. The Morgan fingerprint density at radius 2 is 2.23 bits per heavy atom. The van der Waals surface area contributed by atoms with Crippen molar-refractivity contribution < 1.29 is 9.60 Å². The van der Waals surface area contributed by atoms with Gasteiger partial charge < -0.3 is 5.21 Å². The molecule has 0 amide bonds. The molecule has 0 aliphatic carbocycles. The average molecular weight is 195 g/mol. The molecule has 13 heavy (non-hydrogen) atoms. The maximum absolute atomic E-state index is 12.8. The highest BCUT2D eigenvalue weighted by molar-refractivity contribution is 7.17. The Bertz CT molecular complexity index is 464. The summed E-state index contributed by atoms with van der Waals surface area (Å²) in [6.45, 7) is 0. The summed E-state index contributed by atoms with van der Waals surface area (Å²) in [5.41, 5.74) is 0.761. The van der Waals surface area contributed by atoms with E-state index in [9.17, 15) is 4.39 Å². The van der Waals surface area contributed by atoms with E-state index in [1.54, 1.807) is 18.2 Å². The molecule has 1 aromatic heterocycles. The smallest absolute Gasteiger partial charge is 0.177 e. The normalized spacial score (nSPS) is 11.5. The number of oxime groups is 1. The van der Waals surface area contributed by atoms with E-state index in [1.807, 2.05) is 0 Å². The Balaban J connectivity index is 2.61. The van der Waals surface area contributed by atoms with Gasteiger partial charge in [0.2, 0.25) is 0 Å². The van der Waals surface area contributed by atoms with Crippen molar-refractivity contribution in [2.45, 2.75) is 0 Å². The molecule has 0 atom stereocenters. The molecule has 4 heteroatoms. The van der Waals surface area contributed by atoms with E-state index in [1.165, 1.54) is 12.3 Å². The molecule has 0 spiro atoms. The summed E-state index contributed by atoms with van der Waals surface area (Å²) in [4.78, 5) is 0. The van der Waals surface area contributed by atoms with Crippen LogP contribution in [0.15, 0.2) is 29.4 Å². The van der Waals surface area contributed by atoms with E-state index in [4.69, 9.17) is 5.21 Å². The fourth-order valence-corrected chi connectivity index (χ4v) is 2.00. The molecule has 0 saturated carbocycles. The molecule has 0 unspecified atom stereocenters. The number of thiophene rings is 1. The fraction of sp³-hybridized carbons (Fsp3) is 0. The van der Waals surface area contributed by atoms with Crippen LogP contribution in [0.5, 0.6) is 0 Å². The summed E-state index contributed by atoms with van der Waals surface area (Å²) < 4.78 is 13.6. The third-order valence-corrected chi connectivity index (χ3v) is 2.61. The molecule has 0 aliphatic heterocycles.